The van der Waals surface area contributed by atoms with Gasteiger partial charge in [0.2, 0.25) is 11.6 Å². The molecule has 58 heavy (non-hydrogen) atoms. The molecule has 313 valence electrons. The molecule has 0 aliphatic rings. The maximum absolute atomic E-state index is 12.8. The van der Waals surface area contributed by atoms with Crippen molar-refractivity contribution in [3.8, 4) is 28.8 Å². The number of sulfone groups is 1. The molecule has 0 saturated heterocycles. The van der Waals surface area contributed by atoms with E-state index in [0.29, 0.717) is 10.7 Å². The van der Waals surface area contributed by atoms with Crippen LogP contribution in [0.15, 0.2) is 95.8 Å². The Hall–Kier alpha value is -5.62. The summed E-state index contributed by atoms with van der Waals surface area (Å²) in [5, 5.41) is 60.7. The van der Waals surface area contributed by atoms with Gasteiger partial charge >= 0.3 is 16.4 Å². The van der Waals surface area contributed by atoms with E-state index in [1.165, 1.54) is 12.1 Å². The zero-order valence-electron chi connectivity index (χ0n) is 28.4. The van der Waals surface area contributed by atoms with Crippen LogP contribution in [-0.4, -0.2) is 103 Å². The number of fused-ring (bicyclic) bond motifs is 1. The van der Waals surface area contributed by atoms with Crippen molar-refractivity contribution in [3.05, 3.63) is 66.4 Å². The summed E-state index contributed by atoms with van der Waals surface area (Å²) in [7, 11) is -18.1. The van der Waals surface area contributed by atoms with Crippen LogP contribution in [0.25, 0.3) is 16.5 Å². The molecule has 0 aliphatic heterocycles. The van der Waals surface area contributed by atoms with Crippen molar-refractivity contribution in [3.63, 3.8) is 0 Å². The van der Waals surface area contributed by atoms with Gasteiger partial charge in [-0.15, -0.1) is 15.3 Å². The number of phenols is 2. The van der Waals surface area contributed by atoms with E-state index in [1.54, 1.807) is 0 Å². The van der Waals surface area contributed by atoms with E-state index in [4.69, 9.17) is 9.29 Å². The van der Waals surface area contributed by atoms with Gasteiger partial charge < -0.3 is 25.2 Å². The number of carboxylic acid groups (broad SMARTS) is 1. The molecule has 0 atom stereocenters. The van der Waals surface area contributed by atoms with E-state index < -0.39 is 119 Å². The Morgan fingerprint density at radius 3 is 1.98 bits per heavy atom. The largest absolute Gasteiger partial charge is 0.506 e. The summed E-state index contributed by atoms with van der Waals surface area (Å²) < 4.78 is 132. The van der Waals surface area contributed by atoms with Crippen LogP contribution >= 0.6 is 0 Å². The molecule has 0 spiro atoms. The summed E-state index contributed by atoms with van der Waals surface area (Å²) in [4.78, 5) is 9.76. The average molecular weight is 936 g/mol. The molecule has 0 saturated carbocycles. The van der Waals surface area contributed by atoms with Crippen LogP contribution in [0.3, 0.4) is 0 Å². The Balaban J connectivity index is 0.00000744. The second-order valence-corrected chi connectivity index (χ2v) is 17.1. The zero-order chi connectivity index (χ0) is 42.2. The molecule has 24 nitrogen and oxygen atoms in total. The number of hydrogen-bond acceptors (Lipinski definition) is 19. The smallest absolute Gasteiger partial charge is 0.397 e. The predicted molar refractivity (Wildman–Crippen MR) is 190 cm³/mol. The molecule has 0 unspecified atom stereocenters. The molecule has 1 heterocycles. The van der Waals surface area contributed by atoms with Crippen molar-refractivity contribution in [2.45, 2.75) is 14.7 Å². The van der Waals surface area contributed by atoms with Gasteiger partial charge in [0, 0.05) is 34.6 Å². The summed E-state index contributed by atoms with van der Waals surface area (Å²) in [6, 6.07) is 9.95. The fraction of sp³-hybridized carbons (Fsp3) is 0.103. The van der Waals surface area contributed by atoms with Gasteiger partial charge in [0.05, 0.1) is 35.7 Å². The molecule has 29 heteroatoms. The first-order valence-electron chi connectivity index (χ1n) is 14.9. The maximum atomic E-state index is 12.8. The molecule has 1 radical (unpaired) electrons. The van der Waals surface area contributed by atoms with Gasteiger partial charge in [-0.05, 0) is 47.9 Å². The summed E-state index contributed by atoms with van der Waals surface area (Å²) >= 11 is 0. The fourth-order valence-corrected chi connectivity index (χ4v) is 7.65. The van der Waals surface area contributed by atoms with Gasteiger partial charge in [-0.1, -0.05) is 6.07 Å². The minimum atomic E-state index is -5.15. The summed E-state index contributed by atoms with van der Waals surface area (Å²) in [5.74, 6) is -5.85. The van der Waals surface area contributed by atoms with E-state index in [1.807, 2.05) is 0 Å². The third-order valence-electron chi connectivity index (χ3n) is 7.44. The van der Waals surface area contributed by atoms with E-state index in [9.17, 15) is 68.0 Å². The van der Waals surface area contributed by atoms with Crippen molar-refractivity contribution in [2.24, 2.45) is 20.5 Å². The van der Waals surface area contributed by atoms with Gasteiger partial charge in [0.15, 0.2) is 21.3 Å². The first-order valence-corrected chi connectivity index (χ1v) is 20.8. The standard InChI is InChI=1S/C29H24N6O18S4.Cu/c1-52-21-12-19(20(36)13-22(21)54(41,42)9-8-53-57(49,50)51)31-32-24-23(56(46,47)48)10-14-2-3-15(11-18(14)27(24)37)30-33-25-26(29(39)40)34-35(28(25)38)16-4-6-17(7-5-16)55(43,44)45;/h2-7,10-13,36-38H,8-9H2,1H3,(H,39,40)(H,43,44,45)(H,46,47,48)(H,49,50,51);. The molecule has 7 N–H and O–H groups in total. The van der Waals surface area contributed by atoms with Gasteiger partial charge in [0.25, 0.3) is 20.2 Å². The van der Waals surface area contributed by atoms with E-state index in [2.05, 4.69) is 29.7 Å². The van der Waals surface area contributed by atoms with Crippen LogP contribution in [0.5, 0.6) is 23.1 Å². The Kier molecular flexibility index (Phi) is 13.0. The Morgan fingerprint density at radius 1 is 0.776 bits per heavy atom. The number of nitrogens with zero attached hydrogens (tertiary/aromatic N) is 6. The number of aromatic hydroxyl groups is 3. The van der Waals surface area contributed by atoms with E-state index >= 15 is 0 Å². The number of carbonyl (C=O) groups is 1. The molecule has 0 bridgehead atoms. The topological polar surface area (TPSA) is 381 Å². The summed E-state index contributed by atoms with van der Waals surface area (Å²) in [5.41, 5.74) is -3.15. The van der Waals surface area contributed by atoms with Gasteiger partial charge in [0.1, 0.15) is 32.7 Å². The summed E-state index contributed by atoms with van der Waals surface area (Å²) in [6.07, 6.45) is 0. The average Bonchev–Trinajstić information content (AvgIpc) is 3.45. The van der Waals surface area contributed by atoms with Gasteiger partial charge in [-0.25, -0.2) is 17.4 Å². The van der Waals surface area contributed by atoms with E-state index in [0.717, 1.165) is 49.6 Å². The predicted octanol–water partition coefficient (Wildman–Crippen LogP) is 3.76. The monoisotopic (exact) mass is 935 g/mol. The quantitative estimate of drug-likeness (QED) is 0.0473. The van der Waals surface area contributed by atoms with Crippen molar-refractivity contribution in [1.29, 1.82) is 0 Å². The Bertz CT molecular complexity index is 2970. The zero-order valence-corrected chi connectivity index (χ0v) is 32.6. The molecule has 0 amide bonds. The number of carboxylic acids is 1. The number of rotatable bonds is 14. The summed E-state index contributed by atoms with van der Waals surface area (Å²) in [6.45, 7) is -1.01. The maximum Gasteiger partial charge on any atom is 0.397 e. The van der Waals surface area contributed by atoms with Gasteiger partial charge in [-0.3, -0.25) is 13.7 Å². The fourth-order valence-electron chi connectivity index (χ4n) is 4.85. The molecule has 5 rings (SSSR count). The van der Waals surface area contributed by atoms with Crippen molar-refractivity contribution in [1.82, 2.24) is 9.78 Å². The Morgan fingerprint density at radius 2 is 1.41 bits per heavy atom. The Labute approximate surface area is 336 Å². The number of azo groups is 2. The normalized spacial score (nSPS) is 12.6. The molecule has 0 aliphatic carbocycles. The molecule has 4 aromatic carbocycles. The van der Waals surface area contributed by atoms with Crippen molar-refractivity contribution in [2.75, 3.05) is 19.5 Å². The minimum Gasteiger partial charge on any atom is -0.506 e. The van der Waals surface area contributed by atoms with Crippen LogP contribution in [0.4, 0.5) is 22.7 Å². The molecular weight excluding hydrogens is 912 g/mol. The first-order chi connectivity index (χ1) is 26.4. The molecule has 0 fully saturated rings. The van der Waals surface area contributed by atoms with Crippen LogP contribution in [-0.2, 0) is 61.7 Å². The number of aromatic nitrogens is 2. The third-order valence-corrected chi connectivity index (χ3v) is 11.3. The third kappa shape index (κ3) is 9.90. The SMILES string of the molecule is COc1cc(N=Nc2c(S(=O)(=O)O)cc3ccc(N=Nc4c(C(=O)O)nn(-c5ccc(S(=O)(=O)O)cc5)c4O)cc3c2O)c(O)cc1S(=O)(=O)CCOS(=O)(=O)O.[Cu]. The number of phenolic OH excluding ortho intramolecular Hbond substituents is 2. The molecule has 1 aromatic heterocycles. The second-order valence-electron chi connectivity index (χ2n) is 11.1. The van der Waals surface area contributed by atoms with Crippen LogP contribution < -0.4 is 4.74 Å². The van der Waals surface area contributed by atoms with E-state index in [-0.39, 0.29) is 39.2 Å². The van der Waals surface area contributed by atoms with Crippen LogP contribution in [0.1, 0.15) is 10.5 Å². The van der Waals surface area contributed by atoms with Gasteiger partial charge in [-0.2, -0.15) is 40.1 Å². The number of benzene rings is 4. The minimum absolute atomic E-state index is 0. The van der Waals surface area contributed by atoms with Crippen molar-refractivity contribution >= 4 is 80.0 Å². The number of methoxy groups -OCH3 is 1. The van der Waals surface area contributed by atoms with Crippen molar-refractivity contribution < 1.29 is 98.5 Å². The number of aromatic carboxylic acids is 1. The second kappa shape index (κ2) is 16.7. The van der Waals surface area contributed by atoms with Crippen LogP contribution in [0.2, 0.25) is 0 Å². The molecular formula is C29H24CuN6O18S4. The van der Waals surface area contributed by atoms with Crippen LogP contribution in [0, 0.1) is 0 Å². The first kappa shape index (κ1) is 45.1. The molecule has 5 aromatic rings. The number of hydrogen-bond donors (Lipinski definition) is 7. The number of ether oxygens (including phenoxy) is 1.